The topological polar surface area (TPSA) is 55.8 Å². The van der Waals surface area contributed by atoms with Gasteiger partial charge in [-0.1, -0.05) is 19.1 Å². The van der Waals surface area contributed by atoms with E-state index >= 15 is 0 Å². The van der Waals surface area contributed by atoms with Crippen LogP contribution in [0.3, 0.4) is 0 Å². The van der Waals surface area contributed by atoms with E-state index in [1.54, 1.807) is 0 Å². The normalized spacial score (nSPS) is 14.8. The van der Waals surface area contributed by atoms with E-state index in [-0.39, 0.29) is 24.0 Å². The molecule has 2 aromatic rings. The number of nitrogens with one attached hydrogen (secondary N) is 2. The largest absolute Gasteiger partial charge is 0.369 e. The lowest BCUT2D eigenvalue weighted by Gasteiger charge is -2.36. The van der Waals surface area contributed by atoms with Gasteiger partial charge in [-0.05, 0) is 50.4 Å². The van der Waals surface area contributed by atoms with E-state index < -0.39 is 0 Å². The fourth-order valence-corrected chi connectivity index (χ4v) is 4.72. The Labute approximate surface area is 214 Å². The Morgan fingerprint density at radius 3 is 2.59 bits per heavy atom. The lowest BCUT2D eigenvalue weighted by Crippen LogP contribution is -2.46. The maximum atomic E-state index is 4.48. The second kappa shape index (κ2) is 14.7. The molecule has 2 heterocycles. The van der Waals surface area contributed by atoms with Gasteiger partial charge in [0.15, 0.2) is 5.96 Å². The molecule has 178 valence electrons. The number of halogens is 1. The number of nitrogens with zero attached hydrogens (tertiary/aromatic N) is 4. The van der Waals surface area contributed by atoms with Gasteiger partial charge in [0.2, 0.25) is 0 Å². The van der Waals surface area contributed by atoms with E-state index in [4.69, 9.17) is 0 Å². The average Bonchev–Trinajstić information content (AvgIpc) is 3.26. The van der Waals surface area contributed by atoms with Crippen LogP contribution in [0.1, 0.15) is 35.2 Å². The van der Waals surface area contributed by atoms with Gasteiger partial charge in [-0.3, -0.25) is 9.89 Å². The summed E-state index contributed by atoms with van der Waals surface area (Å²) in [5.74, 6) is 0.888. The van der Waals surface area contributed by atoms with Gasteiger partial charge in [0.25, 0.3) is 0 Å². The fraction of sp³-hybridized carbons (Fsp3) is 0.583. The summed E-state index contributed by atoms with van der Waals surface area (Å²) < 4.78 is 0. The summed E-state index contributed by atoms with van der Waals surface area (Å²) in [7, 11) is 1.83. The van der Waals surface area contributed by atoms with E-state index in [2.05, 4.69) is 68.5 Å². The van der Waals surface area contributed by atoms with Gasteiger partial charge in [-0.25, -0.2) is 4.98 Å². The summed E-state index contributed by atoms with van der Waals surface area (Å²) >= 11 is 1.81. The molecule has 1 aliphatic rings. The third-order valence-corrected chi connectivity index (χ3v) is 6.94. The molecule has 1 aromatic carbocycles. The minimum atomic E-state index is 0. The van der Waals surface area contributed by atoms with Crippen LogP contribution >= 0.6 is 35.3 Å². The highest BCUT2D eigenvalue weighted by molar-refractivity contribution is 14.0. The Morgan fingerprint density at radius 2 is 1.91 bits per heavy atom. The van der Waals surface area contributed by atoms with Crippen molar-refractivity contribution in [1.82, 2.24) is 20.5 Å². The second-order valence-electron chi connectivity index (χ2n) is 8.12. The number of aromatic nitrogens is 1. The molecule has 1 fully saturated rings. The fourth-order valence-electron chi connectivity index (χ4n) is 3.86. The number of aryl methyl sites for hydroxylation is 2. The number of anilines is 1. The molecular formula is C24H39IN6S. The smallest absolute Gasteiger partial charge is 0.190 e. The summed E-state index contributed by atoms with van der Waals surface area (Å²) in [5.41, 5.74) is 2.70. The molecule has 0 atom stereocenters. The van der Waals surface area contributed by atoms with Crippen molar-refractivity contribution >= 4 is 47.0 Å². The highest BCUT2D eigenvalue weighted by Crippen LogP contribution is 2.18. The number of guanidine groups is 1. The average molecular weight is 571 g/mol. The van der Waals surface area contributed by atoms with Crippen LogP contribution in [0.15, 0.2) is 35.5 Å². The van der Waals surface area contributed by atoms with Crippen molar-refractivity contribution in [3.05, 3.63) is 45.9 Å². The molecule has 3 rings (SSSR count). The first-order valence-electron chi connectivity index (χ1n) is 11.6. The van der Waals surface area contributed by atoms with Crippen molar-refractivity contribution in [2.75, 3.05) is 57.8 Å². The Balaban J connectivity index is 0.00000363. The van der Waals surface area contributed by atoms with Crippen molar-refractivity contribution < 1.29 is 0 Å². The SMILES string of the molecule is CCc1cnc(CCNC(=NC)NCCCCN2CCN(c3cccc(C)c3)CC2)s1.I. The van der Waals surface area contributed by atoms with E-state index in [0.717, 1.165) is 64.5 Å². The maximum absolute atomic E-state index is 4.48. The van der Waals surface area contributed by atoms with Crippen molar-refractivity contribution in [1.29, 1.82) is 0 Å². The number of piperazine rings is 1. The molecule has 2 N–H and O–H groups in total. The minimum Gasteiger partial charge on any atom is -0.369 e. The highest BCUT2D eigenvalue weighted by atomic mass is 127. The minimum absolute atomic E-state index is 0. The van der Waals surface area contributed by atoms with Gasteiger partial charge in [0.05, 0.1) is 5.01 Å². The molecule has 8 heteroatoms. The monoisotopic (exact) mass is 570 g/mol. The highest BCUT2D eigenvalue weighted by Gasteiger charge is 2.16. The Kier molecular flexibility index (Phi) is 12.3. The summed E-state index contributed by atoms with van der Waals surface area (Å²) in [5, 5.41) is 8.03. The van der Waals surface area contributed by atoms with E-state index in [9.17, 15) is 0 Å². The maximum Gasteiger partial charge on any atom is 0.190 e. The van der Waals surface area contributed by atoms with Crippen molar-refractivity contribution in [2.24, 2.45) is 4.99 Å². The molecule has 0 bridgehead atoms. The third-order valence-electron chi connectivity index (χ3n) is 5.74. The molecule has 0 radical (unpaired) electrons. The standard InChI is InChI=1S/C24H38N6S.HI/c1-4-22-19-28-23(31-22)10-12-27-24(25-3)26-11-5-6-13-29-14-16-30(17-15-29)21-9-7-8-20(2)18-21;/h7-9,18-19H,4-6,10-17H2,1-3H3,(H2,25,26,27);1H. The summed E-state index contributed by atoms with van der Waals surface area (Å²) in [6.45, 7) is 11.9. The van der Waals surface area contributed by atoms with Crippen LogP contribution in [-0.4, -0.2) is 68.7 Å². The van der Waals surface area contributed by atoms with E-state index in [1.165, 1.54) is 34.1 Å². The van der Waals surface area contributed by atoms with Crippen molar-refractivity contribution in [3.63, 3.8) is 0 Å². The molecule has 1 aromatic heterocycles. The summed E-state index contributed by atoms with van der Waals surface area (Å²) in [6, 6.07) is 8.85. The predicted octanol–water partition coefficient (Wildman–Crippen LogP) is 3.94. The zero-order valence-corrected chi connectivity index (χ0v) is 22.9. The Hall–Kier alpha value is -1.39. The Morgan fingerprint density at radius 1 is 1.12 bits per heavy atom. The zero-order valence-electron chi connectivity index (χ0n) is 19.8. The van der Waals surface area contributed by atoms with Gasteiger partial charge in [-0.2, -0.15) is 0 Å². The summed E-state index contributed by atoms with van der Waals surface area (Å²) in [4.78, 5) is 15.3. The number of hydrogen-bond donors (Lipinski definition) is 2. The van der Waals surface area contributed by atoms with Crippen LogP contribution < -0.4 is 15.5 Å². The second-order valence-corrected chi connectivity index (χ2v) is 9.32. The number of unbranched alkanes of at least 4 members (excludes halogenated alkanes) is 1. The lowest BCUT2D eigenvalue weighted by molar-refractivity contribution is 0.253. The van der Waals surface area contributed by atoms with Crippen molar-refractivity contribution in [2.45, 2.75) is 39.5 Å². The lowest BCUT2D eigenvalue weighted by atomic mass is 10.2. The molecule has 0 unspecified atom stereocenters. The van der Waals surface area contributed by atoms with Gasteiger partial charge < -0.3 is 15.5 Å². The molecule has 1 aliphatic heterocycles. The quantitative estimate of drug-likeness (QED) is 0.196. The first-order chi connectivity index (χ1) is 15.2. The number of benzene rings is 1. The predicted molar refractivity (Wildman–Crippen MR) is 149 cm³/mol. The third kappa shape index (κ3) is 8.86. The van der Waals surface area contributed by atoms with Gasteiger partial charge >= 0.3 is 0 Å². The first-order valence-corrected chi connectivity index (χ1v) is 12.4. The van der Waals surface area contributed by atoms with Crippen molar-refractivity contribution in [3.8, 4) is 0 Å². The molecule has 0 amide bonds. The molecule has 0 aliphatic carbocycles. The van der Waals surface area contributed by atoms with Crippen LogP contribution in [0.2, 0.25) is 0 Å². The molecule has 6 nitrogen and oxygen atoms in total. The molecule has 1 saturated heterocycles. The number of aliphatic imine (C=N–C) groups is 1. The van der Waals surface area contributed by atoms with Crippen LogP contribution in [0.25, 0.3) is 0 Å². The van der Waals surface area contributed by atoms with Crippen LogP contribution in [0.5, 0.6) is 0 Å². The summed E-state index contributed by atoms with van der Waals surface area (Å²) in [6.07, 6.45) is 6.38. The number of rotatable bonds is 10. The van der Waals surface area contributed by atoms with Crippen LogP contribution in [0.4, 0.5) is 5.69 Å². The van der Waals surface area contributed by atoms with Crippen LogP contribution in [-0.2, 0) is 12.8 Å². The molecular weight excluding hydrogens is 531 g/mol. The zero-order chi connectivity index (χ0) is 21.9. The molecule has 0 saturated carbocycles. The van der Waals surface area contributed by atoms with Gasteiger partial charge in [0, 0.05) is 69.5 Å². The first kappa shape index (κ1) is 26.9. The van der Waals surface area contributed by atoms with E-state index in [0.29, 0.717) is 0 Å². The van der Waals surface area contributed by atoms with Crippen LogP contribution in [0, 0.1) is 6.92 Å². The van der Waals surface area contributed by atoms with Gasteiger partial charge in [0.1, 0.15) is 0 Å². The number of thiazole rings is 1. The van der Waals surface area contributed by atoms with Gasteiger partial charge in [-0.15, -0.1) is 35.3 Å². The molecule has 32 heavy (non-hydrogen) atoms. The molecule has 0 spiro atoms. The van der Waals surface area contributed by atoms with E-state index in [1.807, 2.05) is 24.6 Å². The Bertz CT molecular complexity index is 816. The number of hydrogen-bond acceptors (Lipinski definition) is 5.